The minimum atomic E-state index is 0.927. The standard InChI is InChI=1S/C18H18N2/c1-3-5-7-9-15-11-12-16(10-8-6-4-2)18-17(15)19-13-14-20-18/h3-14H,1-2H3. The fourth-order valence-corrected chi connectivity index (χ4v) is 1.91. The minimum Gasteiger partial charge on any atom is -0.252 e. The van der Waals surface area contributed by atoms with E-state index >= 15 is 0 Å². The normalized spacial score (nSPS) is 12.7. The van der Waals surface area contributed by atoms with Crippen LogP contribution in [0, 0.1) is 0 Å². The van der Waals surface area contributed by atoms with Crippen molar-refractivity contribution in [3.8, 4) is 0 Å². The van der Waals surface area contributed by atoms with Crippen molar-refractivity contribution in [1.29, 1.82) is 0 Å². The molecule has 0 atom stereocenters. The maximum Gasteiger partial charge on any atom is 0.0965 e. The molecule has 0 saturated carbocycles. The lowest BCUT2D eigenvalue weighted by Crippen LogP contribution is -1.89. The number of hydrogen-bond donors (Lipinski definition) is 0. The lowest BCUT2D eigenvalue weighted by Gasteiger charge is -2.03. The van der Waals surface area contributed by atoms with Crippen LogP contribution in [0.2, 0.25) is 0 Å². The highest BCUT2D eigenvalue weighted by molar-refractivity contribution is 5.90. The molecule has 0 N–H and O–H groups in total. The van der Waals surface area contributed by atoms with Crippen molar-refractivity contribution in [1.82, 2.24) is 9.97 Å². The Morgan fingerprint density at radius 1 is 0.700 bits per heavy atom. The first-order valence-corrected chi connectivity index (χ1v) is 6.69. The zero-order valence-electron chi connectivity index (χ0n) is 11.8. The van der Waals surface area contributed by atoms with E-state index in [4.69, 9.17) is 0 Å². The van der Waals surface area contributed by atoms with Crippen LogP contribution >= 0.6 is 0 Å². The van der Waals surface area contributed by atoms with Gasteiger partial charge in [-0.05, 0) is 13.8 Å². The smallest absolute Gasteiger partial charge is 0.0965 e. The molecule has 20 heavy (non-hydrogen) atoms. The maximum absolute atomic E-state index is 4.46. The Kier molecular flexibility index (Phi) is 5.01. The fraction of sp³-hybridized carbons (Fsp3) is 0.111. The summed E-state index contributed by atoms with van der Waals surface area (Å²) in [6, 6.07) is 4.15. The van der Waals surface area contributed by atoms with Gasteiger partial charge in [0.25, 0.3) is 0 Å². The molecule has 0 fully saturated rings. The van der Waals surface area contributed by atoms with Gasteiger partial charge >= 0.3 is 0 Å². The molecule has 0 aliphatic rings. The first-order valence-electron chi connectivity index (χ1n) is 6.69. The van der Waals surface area contributed by atoms with E-state index in [1.807, 2.05) is 50.3 Å². The summed E-state index contributed by atoms with van der Waals surface area (Å²) in [5, 5.41) is 0. The summed E-state index contributed by atoms with van der Waals surface area (Å²) in [7, 11) is 0. The summed E-state index contributed by atoms with van der Waals surface area (Å²) in [5.74, 6) is 0. The molecule has 100 valence electrons. The van der Waals surface area contributed by atoms with Crippen LogP contribution in [0.1, 0.15) is 25.0 Å². The van der Waals surface area contributed by atoms with Gasteiger partial charge in [0.15, 0.2) is 0 Å². The van der Waals surface area contributed by atoms with E-state index in [0.29, 0.717) is 0 Å². The van der Waals surface area contributed by atoms with Crippen LogP contribution in [0.5, 0.6) is 0 Å². The molecule has 0 aliphatic heterocycles. The quantitative estimate of drug-likeness (QED) is 0.739. The highest BCUT2D eigenvalue weighted by atomic mass is 14.8. The number of fused-ring (bicyclic) bond motifs is 1. The molecule has 1 heterocycles. The highest BCUT2D eigenvalue weighted by Crippen LogP contribution is 2.21. The third-order valence-electron chi connectivity index (χ3n) is 2.85. The highest BCUT2D eigenvalue weighted by Gasteiger charge is 2.04. The zero-order valence-corrected chi connectivity index (χ0v) is 11.8. The Morgan fingerprint density at radius 3 is 1.55 bits per heavy atom. The number of hydrogen-bond acceptors (Lipinski definition) is 2. The topological polar surface area (TPSA) is 25.8 Å². The third-order valence-corrected chi connectivity index (χ3v) is 2.85. The molecule has 0 aliphatic carbocycles. The van der Waals surface area contributed by atoms with Crippen molar-refractivity contribution in [2.45, 2.75) is 13.8 Å². The first kappa shape index (κ1) is 13.9. The summed E-state index contributed by atoms with van der Waals surface area (Å²) in [5.41, 5.74) is 4.01. The molecule has 0 saturated heterocycles. The van der Waals surface area contributed by atoms with E-state index in [1.165, 1.54) is 0 Å². The molecule has 0 bridgehead atoms. The second kappa shape index (κ2) is 7.19. The van der Waals surface area contributed by atoms with Crippen molar-refractivity contribution < 1.29 is 0 Å². The van der Waals surface area contributed by atoms with E-state index in [2.05, 4.69) is 34.3 Å². The van der Waals surface area contributed by atoms with Gasteiger partial charge in [-0.15, -0.1) is 0 Å². The van der Waals surface area contributed by atoms with Crippen LogP contribution in [0.4, 0.5) is 0 Å². The Balaban J connectivity index is 2.52. The third kappa shape index (κ3) is 3.29. The molecule has 0 amide bonds. The van der Waals surface area contributed by atoms with Crippen LogP contribution < -0.4 is 0 Å². The maximum atomic E-state index is 4.46. The van der Waals surface area contributed by atoms with Crippen LogP contribution in [0.15, 0.2) is 61.0 Å². The molecule has 0 spiro atoms. The van der Waals surface area contributed by atoms with Crippen molar-refractivity contribution in [3.05, 3.63) is 72.1 Å². The SMILES string of the molecule is CC=CC=Cc1ccc(C=CC=CC)c2nccnc12. The second-order valence-electron chi connectivity index (χ2n) is 4.27. The van der Waals surface area contributed by atoms with E-state index in [-0.39, 0.29) is 0 Å². The first-order chi connectivity index (χ1) is 9.86. The minimum absolute atomic E-state index is 0.927. The van der Waals surface area contributed by atoms with Gasteiger partial charge in [0.2, 0.25) is 0 Å². The van der Waals surface area contributed by atoms with E-state index in [1.54, 1.807) is 12.4 Å². The molecule has 2 aromatic rings. The van der Waals surface area contributed by atoms with Crippen LogP contribution in [-0.2, 0) is 0 Å². The number of nitrogens with zero attached hydrogens (tertiary/aromatic N) is 2. The predicted octanol–water partition coefficient (Wildman–Crippen LogP) is 4.81. The van der Waals surface area contributed by atoms with E-state index in [9.17, 15) is 0 Å². The van der Waals surface area contributed by atoms with Crippen LogP contribution in [0.3, 0.4) is 0 Å². The Hall–Kier alpha value is -2.48. The lowest BCUT2D eigenvalue weighted by atomic mass is 10.1. The van der Waals surface area contributed by atoms with Gasteiger partial charge in [-0.3, -0.25) is 9.97 Å². The summed E-state index contributed by atoms with van der Waals surface area (Å²) in [4.78, 5) is 8.92. The fourth-order valence-electron chi connectivity index (χ4n) is 1.91. The molecule has 1 aromatic heterocycles. The summed E-state index contributed by atoms with van der Waals surface area (Å²) in [6.07, 6.45) is 19.6. The Morgan fingerprint density at radius 2 is 1.15 bits per heavy atom. The van der Waals surface area contributed by atoms with Crippen molar-refractivity contribution >= 4 is 23.2 Å². The summed E-state index contributed by atoms with van der Waals surface area (Å²) >= 11 is 0. The van der Waals surface area contributed by atoms with Gasteiger partial charge in [-0.1, -0.05) is 60.7 Å². The second-order valence-corrected chi connectivity index (χ2v) is 4.27. The summed E-state index contributed by atoms with van der Waals surface area (Å²) < 4.78 is 0. The summed E-state index contributed by atoms with van der Waals surface area (Å²) in [6.45, 7) is 3.99. The van der Waals surface area contributed by atoms with Crippen LogP contribution in [-0.4, -0.2) is 9.97 Å². The van der Waals surface area contributed by atoms with E-state index < -0.39 is 0 Å². The zero-order chi connectivity index (χ0) is 14.2. The molecule has 2 nitrogen and oxygen atoms in total. The van der Waals surface area contributed by atoms with Gasteiger partial charge < -0.3 is 0 Å². The van der Waals surface area contributed by atoms with Crippen LogP contribution in [0.25, 0.3) is 23.2 Å². The molecule has 0 unspecified atom stereocenters. The van der Waals surface area contributed by atoms with Gasteiger partial charge in [0.05, 0.1) is 11.0 Å². The monoisotopic (exact) mass is 262 g/mol. The lowest BCUT2D eigenvalue weighted by molar-refractivity contribution is 1.29. The Labute approximate surface area is 119 Å². The van der Waals surface area contributed by atoms with Gasteiger partial charge in [-0.25, -0.2) is 0 Å². The number of aromatic nitrogens is 2. The number of allylic oxidation sites excluding steroid dienone is 6. The molecule has 0 radical (unpaired) electrons. The van der Waals surface area contributed by atoms with Gasteiger partial charge in [-0.2, -0.15) is 0 Å². The Bertz CT molecular complexity index is 631. The van der Waals surface area contributed by atoms with Crippen molar-refractivity contribution in [3.63, 3.8) is 0 Å². The number of rotatable bonds is 4. The average Bonchev–Trinajstić information content (AvgIpc) is 2.49. The number of benzene rings is 1. The predicted molar refractivity (Wildman–Crippen MR) is 87.2 cm³/mol. The molecule has 2 rings (SSSR count). The average molecular weight is 262 g/mol. The molecule has 2 heteroatoms. The van der Waals surface area contributed by atoms with Gasteiger partial charge in [0.1, 0.15) is 0 Å². The van der Waals surface area contributed by atoms with Crippen molar-refractivity contribution in [2.24, 2.45) is 0 Å². The largest absolute Gasteiger partial charge is 0.252 e. The van der Waals surface area contributed by atoms with E-state index in [0.717, 1.165) is 22.2 Å². The molecular formula is C18H18N2. The van der Waals surface area contributed by atoms with Gasteiger partial charge in [0, 0.05) is 23.5 Å². The molecule has 1 aromatic carbocycles. The van der Waals surface area contributed by atoms with Crippen molar-refractivity contribution in [2.75, 3.05) is 0 Å². The molecular weight excluding hydrogens is 244 g/mol.